The minimum atomic E-state index is -0.220. The Kier molecular flexibility index (Phi) is 4.94. The van der Waals surface area contributed by atoms with Gasteiger partial charge in [-0.1, -0.05) is 13.8 Å². The summed E-state index contributed by atoms with van der Waals surface area (Å²) in [6.45, 7) is 4.94. The van der Waals surface area contributed by atoms with E-state index in [0.29, 0.717) is 0 Å². The van der Waals surface area contributed by atoms with Crippen molar-refractivity contribution >= 4 is 5.91 Å². The van der Waals surface area contributed by atoms with Gasteiger partial charge in [-0.15, -0.1) is 0 Å². The van der Waals surface area contributed by atoms with Crippen molar-refractivity contribution in [3.63, 3.8) is 0 Å². The molecule has 0 aromatic rings. The maximum atomic E-state index is 10.4. The van der Waals surface area contributed by atoms with Crippen molar-refractivity contribution in [3.05, 3.63) is 0 Å². The van der Waals surface area contributed by atoms with Gasteiger partial charge < -0.3 is 11.1 Å². The second kappa shape index (κ2) is 5.23. The van der Waals surface area contributed by atoms with Crippen LogP contribution in [0.2, 0.25) is 0 Å². The van der Waals surface area contributed by atoms with E-state index in [-0.39, 0.29) is 11.9 Å². The van der Waals surface area contributed by atoms with Crippen LogP contribution in [-0.4, -0.2) is 18.5 Å². The normalized spacial score (nSPS) is 23.2. The van der Waals surface area contributed by atoms with Crippen molar-refractivity contribution in [2.24, 2.45) is 5.73 Å². The Morgan fingerprint density at radius 1 is 1.60 bits per heavy atom. The maximum Gasteiger partial charge on any atom is 0.234 e. The van der Waals surface area contributed by atoms with Gasteiger partial charge in [0.25, 0.3) is 0 Å². The number of carbonyl (C=O) groups excluding carboxylic acids is 1. The van der Waals surface area contributed by atoms with Crippen LogP contribution in [0.15, 0.2) is 0 Å². The van der Waals surface area contributed by atoms with Gasteiger partial charge in [-0.2, -0.15) is 0 Å². The topological polar surface area (TPSA) is 55.1 Å². The molecule has 0 aromatic heterocycles. The minimum Gasteiger partial charge on any atom is -0.368 e. The fourth-order valence-electron chi connectivity index (χ4n) is 0.927. The summed E-state index contributed by atoms with van der Waals surface area (Å²) in [5.74, 6) is -0.220. The number of nitrogens with one attached hydrogen (secondary N) is 1. The average Bonchev–Trinajstić information content (AvgIpc) is 2.42. The monoisotopic (exact) mass is 144 g/mol. The molecule has 1 amide bonds. The van der Waals surface area contributed by atoms with E-state index >= 15 is 0 Å². The predicted molar refractivity (Wildman–Crippen MR) is 41.6 cm³/mol. The molecule has 1 fully saturated rings. The van der Waals surface area contributed by atoms with Crippen molar-refractivity contribution < 1.29 is 4.79 Å². The Hall–Kier alpha value is -0.570. The Labute approximate surface area is 62.0 Å². The molecule has 3 N–H and O–H groups in total. The zero-order chi connectivity index (χ0) is 7.98. The first-order valence-corrected chi connectivity index (χ1v) is 3.83. The lowest BCUT2D eigenvalue weighted by Gasteiger charge is -2.01. The van der Waals surface area contributed by atoms with E-state index in [1.807, 2.05) is 13.8 Å². The molecule has 1 aliphatic heterocycles. The maximum absolute atomic E-state index is 10.4. The number of nitrogens with two attached hydrogens (primary N) is 1. The van der Waals surface area contributed by atoms with Gasteiger partial charge in [-0.05, 0) is 19.4 Å². The fourth-order valence-corrected chi connectivity index (χ4v) is 0.927. The van der Waals surface area contributed by atoms with Gasteiger partial charge >= 0.3 is 0 Å². The molecule has 60 valence electrons. The summed E-state index contributed by atoms with van der Waals surface area (Å²) in [6, 6.07) is -0.0463. The summed E-state index contributed by atoms with van der Waals surface area (Å²) in [4.78, 5) is 10.4. The summed E-state index contributed by atoms with van der Waals surface area (Å²) in [5, 5.41) is 2.98. The third-order valence-corrected chi connectivity index (χ3v) is 1.40. The van der Waals surface area contributed by atoms with Gasteiger partial charge in [-0.25, -0.2) is 0 Å². The van der Waals surface area contributed by atoms with E-state index in [1.165, 1.54) is 0 Å². The Bertz CT molecular complexity index is 97.8. The van der Waals surface area contributed by atoms with E-state index in [9.17, 15) is 4.79 Å². The lowest BCUT2D eigenvalue weighted by molar-refractivity contribution is -0.119. The highest BCUT2D eigenvalue weighted by Gasteiger charge is 2.18. The molecular weight excluding hydrogens is 128 g/mol. The second-order valence-electron chi connectivity index (χ2n) is 2.05. The van der Waals surface area contributed by atoms with E-state index in [0.717, 1.165) is 19.4 Å². The predicted octanol–water partition coefficient (Wildman–Crippen LogP) is 0.250. The standard InChI is InChI=1S/C5H10N2O.C2H6/c6-5(8)4-2-1-3-7-4;1-2/h4,7H,1-3H2,(H2,6,8);1-2H3. The molecule has 0 spiro atoms. The van der Waals surface area contributed by atoms with Crippen molar-refractivity contribution in [2.75, 3.05) is 6.54 Å². The summed E-state index contributed by atoms with van der Waals surface area (Å²) in [7, 11) is 0. The van der Waals surface area contributed by atoms with Crippen LogP contribution in [0, 0.1) is 0 Å². The highest BCUT2D eigenvalue weighted by atomic mass is 16.1. The van der Waals surface area contributed by atoms with E-state index in [1.54, 1.807) is 0 Å². The quantitative estimate of drug-likeness (QED) is 0.554. The molecule has 1 rings (SSSR count). The van der Waals surface area contributed by atoms with Gasteiger partial charge in [0.15, 0.2) is 0 Å². The molecule has 3 nitrogen and oxygen atoms in total. The summed E-state index contributed by atoms with van der Waals surface area (Å²) < 4.78 is 0. The van der Waals surface area contributed by atoms with Gasteiger partial charge in [0, 0.05) is 0 Å². The van der Waals surface area contributed by atoms with Crippen LogP contribution < -0.4 is 11.1 Å². The van der Waals surface area contributed by atoms with Gasteiger partial charge in [0.1, 0.15) is 0 Å². The summed E-state index contributed by atoms with van der Waals surface area (Å²) in [5.41, 5.74) is 5.00. The number of primary amides is 1. The van der Waals surface area contributed by atoms with Crippen LogP contribution in [-0.2, 0) is 4.79 Å². The van der Waals surface area contributed by atoms with Crippen molar-refractivity contribution in [3.8, 4) is 0 Å². The molecule has 0 aliphatic carbocycles. The molecule has 0 bridgehead atoms. The van der Waals surface area contributed by atoms with Gasteiger partial charge in [-0.3, -0.25) is 4.79 Å². The van der Waals surface area contributed by atoms with Crippen LogP contribution in [0.4, 0.5) is 0 Å². The van der Waals surface area contributed by atoms with Crippen molar-refractivity contribution in [2.45, 2.75) is 32.7 Å². The highest BCUT2D eigenvalue weighted by Crippen LogP contribution is 2.02. The van der Waals surface area contributed by atoms with Crippen molar-refractivity contribution in [1.29, 1.82) is 0 Å². The lowest BCUT2D eigenvalue weighted by atomic mass is 10.2. The van der Waals surface area contributed by atoms with Crippen LogP contribution >= 0.6 is 0 Å². The second-order valence-corrected chi connectivity index (χ2v) is 2.05. The molecule has 1 heterocycles. The minimum absolute atomic E-state index is 0.0463. The van der Waals surface area contributed by atoms with E-state index < -0.39 is 0 Å². The largest absolute Gasteiger partial charge is 0.368 e. The Morgan fingerprint density at radius 2 is 2.20 bits per heavy atom. The van der Waals surface area contributed by atoms with Crippen molar-refractivity contribution in [1.82, 2.24) is 5.32 Å². The van der Waals surface area contributed by atoms with Crippen LogP contribution in [0.1, 0.15) is 26.7 Å². The number of amides is 1. The Balaban J connectivity index is 0.000000371. The number of hydrogen-bond donors (Lipinski definition) is 2. The SMILES string of the molecule is CC.NC(=O)C1CCCN1. The molecule has 1 unspecified atom stereocenters. The first kappa shape index (κ1) is 9.43. The Morgan fingerprint density at radius 3 is 2.40 bits per heavy atom. The fraction of sp³-hybridized carbons (Fsp3) is 0.857. The molecule has 1 aliphatic rings. The average molecular weight is 144 g/mol. The summed E-state index contributed by atoms with van der Waals surface area (Å²) in [6.07, 6.45) is 1.99. The van der Waals surface area contributed by atoms with Gasteiger partial charge in [0.05, 0.1) is 6.04 Å². The zero-order valence-corrected chi connectivity index (χ0v) is 6.68. The van der Waals surface area contributed by atoms with Crippen LogP contribution in [0.5, 0.6) is 0 Å². The first-order valence-electron chi connectivity index (χ1n) is 3.83. The molecule has 0 saturated carbocycles. The van der Waals surface area contributed by atoms with E-state index in [2.05, 4.69) is 5.32 Å². The molecular formula is C7H16N2O. The van der Waals surface area contributed by atoms with E-state index in [4.69, 9.17) is 5.73 Å². The molecule has 3 heteroatoms. The van der Waals surface area contributed by atoms with Crippen LogP contribution in [0.3, 0.4) is 0 Å². The molecule has 1 saturated heterocycles. The zero-order valence-electron chi connectivity index (χ0n) is 6.68. The highest BCUT2D eigenvalue weighted by molar-refractivity contribution is 5.80. The summed E-state index contributed by atoms with van der Waals surface area (Å²) >= 11 is 0. The lowest BCUT2D eigenvalue weighted by Crippen LogP contribution is -2.36. The smallest absolute Gasteiger partial charge is 0.234 e. The first-order chi connectivity index (χ1) is 4.80. The number of carbonyl (C=O) groups is 1. The molecule has 0 radical (unpaired) electrons. The molecule has 1 atom stereocenters. The third kappa shape index (κ3) is 2.82. The molecule has 0 aromatic carbocycles. The number of hydrogen-bond acceptors (Lipinski definition) is 2. The number of rotatable bonds is 1. The molecule has 10 heavy (non-hydrogen) atoms. The third-order valence-electron chi connectivity index (χ3n) is 1.40. The van der Waals surface area contributed by atoms with Gasteiger partial charge in [0.2, 0.25) is 5.91 Å². The van der Waals surface area contributed by atoms with Crippen LogP contribution in [0.25, 0.3) is 0 Å².